The zero-order valence-corrected chi connectivity index (χ0v) is 16.5. The molecule has 0 radical (unpaired) electrons. The Hall–Kier alpha value is -3.65. The van der Waals surface area contributed by atoms with Gasteiger partial charge < -0.3 is 5.32 Å². The first-order valence-corrected chi connectivity index (χ1v) is 9.74. The molecule has 0 aliphatic heterocycles. The smallest absolute Gasteiger partial charge is 0.245 e. The van der Waals surface area contributed by atoms with Crippen molar-refractivity contribution in [3.63, 3.8) is 0 Å². The van der Waals surface area contributed by atoms with Crippen LogP contribution in [0.15, 0.2) is 72.9 Å². The lowest BCUT2D eigenvalue weighted by Crippen LogP contribution is -2.32. The van der Waals surface area contributed by atoms with Gasteiger partial charge in [-0.25, -0.2) is 0 Å². The van der Waals surface area contributed by atoms with Crippen LogP contribution in [0.2, 0.25) is 0 Å². The zero-order valence-electron chi connectivity index (χ0n) is 16.5. The third-order valence-electron chi connectivity index (χ3n) is 4.49. The molecule has 0 aliphatic rings. The Balaban J connectivity index is 1.84. The van der Waals surface area contributed by atoms with E-state index in [0.717, 1.165) is 28.8 Å². The molecule has 5 nitrogen and oxygen atoms in total. The highest BCUT2D eigenvalue weighted by Crippen LogP contribution is 2.23. The van der Waals surface area contributed by atoms with Gasteiger partial charge in [0.15, 0.2) is 0 Å². The van der Waals surface area contributed by atoms with Crippen LogP contribution in [0, 0.1) is 11.3 Å². The molecule has 0 aliphatic carbocycles. The maximum Gasteiger partial charge on any atom is 0.245 e. The fraction of sp³-hybridized carbons (Fsp3) is 0.208. The standard InChI is InChI=1S/C24H24N4O/c1-2-9-22(16-25)26-23(29)15-14-21-18-28(17-19-10-5-3-6-11-19)27-24(21)20-12-7-4-8-13-20/h3-8,10-15,18,22H,2,9,17H2,1H3,(H,26,29)/b15-14+/t22-/m1/s1. The maximum atomic E-state index is 12.2. The number of hydrogen-bond acceptors (Lipinski definition) is 3. The van der Waals surface area contributed by atoms with E-state index in [9.17, 15) is 4.79 Å². The molecule has 0 fully saturated rings. The molecule has 1 aromatic heterocycles. The monoisotopic (exact) mass is 384 g/mol. The second-order valence-electron chi connectivity index (χ2n) is 6.79. The number of hydrogen-bond donors (Lipinski definition) is 1. The summed E-state index contributed by atoms with van der Waals surface area (Å²) in [6, 6.07) is 21.7. The van der Waals surface area contributed by atoms with E-state index in [1.54, 1.807) is 6.08 Å². The van der Waals surface area contributed by atoms with Crippen LogP contribution in [0.1, 0.15) is 30.9 Å². The number of nitrogens with one attached hydrogen (secondary N) is 1. The molecule has 5 heteroatoms. The summed E-state index contributed by atoms with van der Waals surface area (Å²) < 4.78 is 1.88. The molecule has 1 N–H and O–H groups in total. The molecule has 1 heterocycles. The number of aromatic nitrogens is 2. The molecule has 0 spiro atoms. The van der Waals surface area contributed by atoms with Crippen LogP contribution in [0.4, 0.5) is 0 Å². The summed E-state index contributed by atoms with van der Waals surface area (Å²) in [5, 5.41) is 16.6. The Labute approximate surface area is 171 Å². The molecule has 1 amide bonds. The normalized spacial score (nSPS) is 11.9. The third kappa shape index (κ3) is 5.66. The van der Waals surface area contributed by atoms with Crippen molar-refractivity contribution < 1.29 is 4.79 Å². The van der Waals surface area contributed by atoms with E-state index in [2.05, 4.69) is 23.5 Å². The van der Waals surface area contributed by atoms with Crippen molar-refractivity contribution in [1.29, 1.82) is 5.26 Å². The Kier molecular flexibility index (Phi) is 6.96. The van der Waals surface area contributed by atoms with Crippen molar-refractivity contribution in [2.45, 2.75) is 32.4 Å². The van der Waals surface area contributed by atoms with Gasteiger partial charge in [0.1, 0.15) is 6.04 Å². The van der Waals surface area contributed by atoms with Crippen LogP contribution in [0.3, 0.4) is 0 Å². The molecule has 146 valence electrons. The minimum absolute atomic E-state index is 0.278. The second-order valence-corrected chi connectivity index (χ2v) is 6.79. The summed E-state index contributed by atoms with van der Waals surface area (Å²) in [6.07, 6.45) is 6.64. The fourth-order valence-electron chi connectivity index (χ4n) is 3.07. The molecule has 0 saturated carbocycles. The molecule has 1 atom stereocenters. The van der Waals surface area contributed by atoms with E-state index in [1.165, 1.54) is 6.08 Å². The number of nitriles is 1. The summed E-state index contributed by atoms with van der Waals surface area (Å²) in [7, 11) is 0. The molecule has 3 rings (SSSR count). The summed E-state index contributed by atoms with van der Waals surface area (Å²) in [5.74, 6) is -0.278. The van der Waals surface area contributed by atoms with Gasteiger partial charge in [-0.2, -0.15) is 10.4 Å². The zero-order chi connectivity index (χ0) is 20.5. The summed E-state index contributed by atoms with van der Waals surface area (Å²) in [6.45, 7) is 2.63. The Morgan fingerprint density at radius 3 is 2.52 bits per heavy atom. The van der Waals surface area contributed by atoms with E-state index in [4.69, 9.17) is 10.4 Å². The van der Waals surface area contributed by atoms with E-state index >= 15 is 0 Å². The van der Waals surface area contributed by atoms with Crippen molar-refractivity contribution in [3.8, 4) is 17.3 Å². The molecule has 3 aromatic rings. The highest BCUT2D eigenvalue weighted by atomic mass is 16.1. The van der Waals surface area contributed by atoms with Crippen molar-refractivity contribution in [3.05, 3.63) is 84.1 Å². The number of nitrogens with zero attached hydrogens (tertiary/aromatic N) is 3. The Bertz CT molecular complexity index is 1000. The average molecular weight is 384 g/mol. The summed E-state index contributed by atoms with van der Waals surface area (Å²) in [4.78, 5) is 12.2. The molecule has 29 heavy (non-hydrogen) atoms. The molecule has 0 saturated heterocycles. The lowest BCUT2D eigenvalue weighted by Gasteiger charge is -2.07. The number of amides is 1. The van der Waals surface area contributed by atoms with Crippen molar-refractivity contribution >= 4 is 12.0 Å². The number of carbonyl (C=O) groups excluding carboxylic acids is 1. The van der Waals surface area contributed by atoms with E-state index in [-0.39, 0.29) is 5.91 Å². The largest absolute Gasteiger partial charge is 0.337 e. The van der Waals surface area contributed by atoms with Gasteiger partial charge in [-0.1, -0.05) is 74.0 Å². The van der Waals surface area contributed by atoms with Crippen molar-refractivity contribution in [2.24, 2.45) is 0 Å². The maximum absolute atomic E-state index is 12.2. The predicted octanol–water partition coefficient (Wildman–Crippen LogP) is 4.42. The Morgan fingerprint density at radius 1 is 1.17 bits per heavy atom. The quantitative estimate of drug-likeness (QED) is 0.585. The highest BCUT2D eigenvalue weighted by molar-refractivity contribution is 5.93. The van der Waals surface area contributed by atoms with Crippen LogP contribution in [0.25, 0.3) is 17.3 Å². The molecule has 0 unspecified atom stereocenters. The molecule has 0 bridgehead atoms. The first-order chi connectivity index (χ1) is 14.2. The highest BCUT2D eigenvalue weighted by Gasteiger charge is 2.11. The lowest BCUT2D eigenvalue weighted by molar-refractivity contribution is -0.116. The van der Waals surface area contributed by atoms with Crippen molar-refractivity contribution in [2.75, 3.05) is 0 Å². The minimum atomic E-state index is -0.466. The molecular formula is C24H24N4O. The minimum Gasteiger partial charge on any atom is -0.337 e. The topological polar surface area (TPSA) is 70.7 Å². The lowest BCUT2D eigenvalue weighted by atomic mass is 10.1. The third-order valence-corrected chi connectivity index (χ3v) is 4.49. The van der Waals surface area contributed by atoms with Crippen LogP contribution < -0.4 is 5.32 Å². The molecular weight excluding hydrogens is 360 g/mol. The number of rotatable bonds is 8. The van der Waals surface area contributed by atoms with Gasteiger partial charge in [0.2, 0.25) is 5.91 Å². The van der Waals surface area contributed by atoms with Crippen LogP contribution in [-0.2, 0) is 11.3 Å². The van der Waals surface area contributed by atoms with Gasteiger partial charge in [-0.15, -0.1) is 0 Å². The predicted molar refractivity (Wildman–Crippen MR) is 115 cm³/mol. The van der Waals surface area contributed by atoms with E-state index in [1.807, 2.05) is 66.3 Å². The first-order valence-electron chi connectivity index (χ1n) is 9.74. The van der Waals surface area contributed by atoms with Gasteiger partial charge in [-0.05, 0) is 18.1 Å². The summed E-state index contributed by atoms with van der Waals surface area (Å²) in [5.41, 5.74) is 3.81. The number of benzene rings is 2. The second kappa shape index (κ2) is 10.0. The van der Waals surface area contributed by atoms with Crippen LogP contribution >= 0.6 is 0 Å². The van der Waals surface area contributed by atoms with Gasteiger partial charge in [0.05, 0.1) is 18.3 Å². The Morgan fingerprint density at radius 2 is 1.86 bits per heavy atom. The van der Waals surface area contributed by atoms with Gasteiger partial charge in [0.25, 0.3) is 0 Å². The first kappa shape index (κ1) is 20.1. The average Bonchev–Trinajstić information content (AvgIpc) is 3.16. The van der Waals surface area contributed by atoms with E-state index in [0.29, 0.717) is 13.0 Å². The fourth-order valence-corrected chi connectivity index (χ4v) is 3.07. The van der Waals surface area contributed by atoms with Gasteiger partial charge >= 0.3 is 0 Å². The van der Waals surface area contributed by atoms with Gasteiger partial charge in [-0.3, -0.25) is 9.48 Å². The van der Waals surface area contributed by atoms with Crippen LogP contribution in [-0.4, -0.2) is 21.7 Å². The summed E-state index contributed by atoms with van der Waals surface area (Å²) >= 11 is 0. The van der Waals surface area contributed by atoms with Crippen LogP contribution in [0.5, 0.6) is 0 Å². The van der Waals surface area contributed by atoms with Crippen molar-refractivity contribution in [1.82, 2.24) is 15.1 Å². The number of carbonyl (C=O) groups is 1. The molecule has 2 aromatic carbocycles. The SMILES string of the molecule is CCC[C@H](C#N)NC(=O)/C=C/c1cn(Cc2ccccc2)nc1-c1ccccc1. The van der Waals surface area contributed by atoms with E-state index < -0.39 is 6.04 Å². The van der Waals surface area contributed by atoms with Gasteiger partial charge in [0, 0.05) is 23.4 Å².